The Labute approximate surface area is 152 Å². The number of aromatic nitrogens is 3. The van der Waals surface area contributed by atoms with Crippen LogP contribution >= 0.6 is 0 Å². The van der Waals surface area contributed by atoms with Gasteiger partial charge >= 0.3 is 0 Å². The van der Waals surface area contributed by atoms with E-state index in [1.54, 1.807) is 23.2 Å². The molecule has 0 aliphatic heterocycles. The smallest absolute Gasteiger partial charge is 0.278 e. The SMILES string of the molecule is CCN(C(=O)c1ccc(NCc2ccccn2)nn1)c1cccc(C)c1. The number of nitrogens with zero attached hydrogens (tertiary/aromatic N) is 4. The van der Waals surface area contributed by atoms with Gasteiger partial charge in [-0.3, -0.25) is 9.78 Å². The maximum absolute atomic E-state index is 12.8. The zero-order valence-corrected chi connectivity index (χ0v) is 14.9. The lowest BCUT2D eigenvalue weighted by Crippen LogP contribution is -2.31. The van der Waals surface area contributed by atoms with Crippen LogP contribution in [-0.4, -0.2) is 27.6 Å². The van der Waals surface area contributed by atoms with Crippen molar-refractivity contribution in [2.75, 3.05) is 16.8 Å². The molecule has 1 amide bonds. The first-order chi connectivity index (χ1) is 12.7. The minimum absolute atomic E-state index is 0.165. The van der Waals surface area contributed by atoms with Crippen LogP contribution < -0.4 is 10.2 Å². The van der Waals surface area contributed by atoms with Gasteiger partial charge < -0.3 is 10.2 Å². The second-order valence-electron chi connectivity index (χ2n) is 5.87. The number of nitrogens with one attached hydrogen (secondary N) is 1. The average Bonchev–Trinajstić information content (AvgIpc) is 2.68. The number of carbonyl (C=O) groups excluding carboxylic acids is 1. The summed E-state index contributed by atoms with van der Waals surface area (Å²) in [6.45, 7) is 5.05. The number of aryl methyl sites for hydroxylation is 1. The van der Waals surface area contributed by atoms with Crippen LogP contribution in [0.3, 0.4) is 0 Å². The molecule has 132 valence electrons. The fourth-order valence-electron chi connectivity index (χ4n) is 2.60. The maximum atomic E-state index is 12.8. The van der Waals surface area contributed by atoms with E-state index in [4.69, 9.17) is 0 Å². The van der Waals surface area contributed by atoms with Crippen LogP contribution in [0.2, 0.25) is 0 Å². The van der Waals surface area contributed by atoms with E-state index in [-0.39, 0.29) is 5.91 Å². The molecule has 0 aliphatic carbocycles. The summed E-state index contributed by atoms with van der Waals surface area (Å²) in [7, 11) is 0. The third-order valence-corrected chi connectivity index (χ3v) is 3.94. The van der Waals surface area contributed by atoms with Gasteiger partial charge in [0, 0.05) is 18.4 Å². The van der Waals surface area contributed by atoms with E-state index in [0.29, 0.717) is 24.6 Å². The van der Waals surface area contributed by atoms with Crippen LogP contribution in [0.5, 0.6) is 0 Å². The van der Waals surface area contributed by atoms with Gasteiger partial charge in [0.15, 0.2) is 5.69 Å². The number of hydrogen-bond donors (Lipinski definition) is 1. The van der Waals surface area contributed by atoms with Crippen molar-refractivity contribution < 1.29 is 4.79 Å². The van der Waals surface area contributed by atoms with Crippen molar-refractivity contribution in [1.29, 1.82) is 0 Å². The minimum atomic E-state index is -0.165. The number of pyridine rings is 1. The third kappa shape index (κ3) is 4.22. The topological polar surface area (TPSA) is 71.0 Å². The van der Waals surface area contributed by atoms with Crippen LogP contribution in [-0.2, 0) is 6.54 Å². The predicted octanol–water partition coefficient (Wildman–Crippen LogP) is 3.46. The number of hydrogen-bond acceptors (Lipinski definition) is 5. The average molecular weight is 347 g/mol. The highest BCUT2D eigenvalue weighted by Gasteiger charge is 2.18. The molecule has 0 atom stereocenters. The van der Waals surface area contributed by atoms with Crippen molar-refractivity contribution in [3.63, 3.8) is 0 Å². The normalized spacial score (nSPS) is 10.4. The highest BCUT2D eigenvalue weighted by Crippen LogP contribution is 2.18. The van der Waals surface area contributed by atoms with E-state index in [9.17, 15) is 4.79 Å². The van der Waals surface area contributed by atoms with Crippen LogP contribution in [0.15, 0.2) is 60.8 Å². The lowest BCUT2D eigenvalue weighted by Gasteiger charge is -2.20. The summed E-state index contributed by atoms with van der Waals surface area (Å²) in [5.41, 5.74) is 3.19. The monoisotopic (exact) mass is 347 g/mol. The first-order valence-electron chi connectivity index (χ1n) is 8.53. The summed E-state index contributed by atoms with van der Waals surface area (Å²) in [5, 5.41) is 11.3. The summed E-state index contributed by atoms with van der Waals surface area (Å²) in [4.78, 5) is 18.7. The molecule has 2 heterocycles. The second kappa shape index (κ2) is 8.20. The number of amides is 1. The molecule has 0 fully saturated rings. The fourth-order valence-corrected chi connectivity index (χ4v) is 2.60. The van der Waals surface area contributed by atoms with E-state index in [2.05, 4.69) is 20.5 Å². The van der Waals surface area contributed by atoms with Gasteiger partial charge in [-0.1, -0.05) is 18.2 Å². The zero-order chi connectivity index (χ0) is 18.4. The summed E-state index contributed by atoms with van der Waals surface area (Å²) >= 11 is 0. The van der Waals surface area contributed by atoms with Crippen LogP contribution in [0.4, 0.5) is 11.5 Å². The Morgan fingerprint density at radius 2 is 1.96 bits per heavy atom. The molecule has 0 saturated carbocycles. The molecule has 0 unspecified atom stereocenters. The largest absolute Gasteiger partial charge is 0.363 e. The molecule has 0 aliphatic rings. The van der Waals surface area contributed by atoms with Gasteiger partial charge in [-0.2, -0.15) is 0 Å². The minimum Gasteiger partial charge on any atom is -0.363 e. The Bertz CT molecular complexity index is 865. The molecule has 2 aromatic heterocycles. The van der Waals surface area contributed by atoms with Gasteiger partial charge in [0.25, 0.3) is 5.91 Å². The summed E-state index contributed by atoms with van der Waals surface area (Å²) < 4.78 is 0. The molecule has 3 rings (SSSR count). The van der Waals surface area contributed by atoms with E-state index in [1.165, 1.54) is 0 Å². The molecule has 3 aromatic rings. The van der Waals surface area contributed by atoms with Gasteiger partial charge in [0.2, 0.25) is 0 Å². The predicted molar refractivity (Wildman–Crippen MR) is 102 cm³/mol. The molecular weight excluding hydrogens is 326 g/mol. The van der Waals surface area contributed by atoms with E-state index in [0.717, 1.165) is 16.9 Å². The van der Waals surface area contributed by atoms with Crippen LogP contribution in [0.25, 0.3) is 0 Å². The maximum Gasteiger partial charge on any atom is 0.278 e. The van der Waals surface area contributed by atoms with Crippen molar-refractivity contribution in [2.24, 2.45) is 0 Å². The molecule has 1 N–H and O–H groups in total. The van der Waals surface area contributed by atoms with E-state index < -0.39 is 0 Å². The molecule has 0 bridgehead atoms. The van der Waals surface area contributed by atoms with Gasteiger partial charge in [-0.05, 0) is 55.8 Å². The molecule has 0 radical (unpaired) electrons. The van der Waals surface area contributed by atoms with Crippen molar-refractivity contribution in [3.05, 3.63) is 77.7 Å². The first kappa shape index (κ1) is 17.5. The molecular formula is C20H21N5O. The summed E-state index contributed by atoms with van der Waals surface area (Å²) in [5.74, 6) is 0.438. The van der Waals surface area contributed by atoms with Crippen LogP contribution in [0.1, 0.15) is 28.7 Å². The quantitative estimate of drug-likeness (QED) is 0.739. The lowest BCUT2D eigenvalue weighted by atomic mass is 10.2. The number of anilines is 2. The van der Waals surface area contributed by atoms with E-state index in [1.807, 2.05) is 56.3 Å². The molecule has 26 heavy (non-hydrogen) atoms. The molecule has 6 heteroatoms. The second-order valence-corrected chi connectivity index (χ2v) is 5.87. The Balaban J connectivity index is 1.69. The van der Waals surface area contributed by atoms with Gasteiger partial charge in [-0.25, -0.2) is 0 Å². The Hall–Kier alpha value is -3.28. The summed E-state index contributed by atoms with van der Waals surface area (Å²) in [6, 6.07) is 17.0. The van der Waals surface area contributed by atoms with Crippen LogP contribution in [0, 0.1) is 6.92 Å². The Kier molecular flexibility index (Phi) is 5.53. The Morgan fingerprint density at radius 1 is 1.08 bits per heavy atom. The van der Waals surface area contributed by atoms with Crippen molar-refractivity contribution in [3.8, 4) is 0 Å². The number of carbonyl (C=O) groups is 1. The molecule has 1 aromatic carbocycles. The number of rotatable bonds is 6. The van der Waals surface area contributed by atoms with E-state index >= 15 is 0 Å². The van der Waals surface area contributed by atoms with Gasteiger partial charge in [0.05, 0.1) is 12.2 Å². The number of benzene rings is 1. The zero-order valence-electron chi connectivity index (χ0n) is 14.9. The highest BCUT2D eigenvalue weighted by molar-refractivity contribution is 6.04. The van der Waals surface area contributed by atoms with Crippen molar-refractivity contribution in [2.45, 2.75) is 20.4 Å². The lowest BCUT2D eigenvalue weighted by molar-refractivity contribution is 0.0982. The molecule has 0 spiro atoms. The van der Waals surface area contributed by atoms with Gasteiger partial charge in [0.1, 0.15) is 5.82 Å². The fraction of sp³-hybridized carbons (Fsp3) is 0.200. The molecule has 6 nitrogen and oxygen atoms in total. The standard InChI is InChI=1S/C20H21N5O/c1-3-25(17-9-6-7-15(2)13-17)20(26)18-10-11-19(24-23-18)22-14-16-8-4-5-12-21-16/h4-13H,3,14H2,1-2H3,(H,22,24). The third-order valence-electron chi connectivity index (χ3n) is 3.94. The first-order valence-corrected chi connectivity index (χ1v) is 8.53. The molecule has 0 saturated heterocycles. The summed E-state index contributed by atoms with van der Waals surface area (Å²) in [6.07, 6.45) is 1.75. The van der Waals surface area contributed by atoms with Gasteiger partial charge in [-0.15, -0.1) is 10.2 Å². The van der Waals surface area contributed by atoms with Crippen molar-refractivity contribution >= 4 is 17.4 Å². The Morgan fingerprint density at radius 3 is 2.62 bits per heavy atom. The highest BCUT2D eigenvalue weighted by atomic mass is 16.2. The van der Waals surface area contributed by atoms with Crippen molar-refractivity contribution in [1.82, 2.24) is 15.2 Å².